The van der Waals surface area contributed by atoms with Crippen LogP contribution in [-0.4, -0.2) is 48.1 Å². The summed E-state index contributed by atoms with van der Waals surface area (Å²) < 4.78 is 10.4. The fourth-order valence-electron chi connectivity index (χ4n) is 4.39. The van der Waals surface area contributed by atoms with Crippen LogP contribution < -0.4 is 20.6 Å². The number of rotatable bonds is 6. The third kappa shape index (κ3) is 4.02. The lowest BCUT2D eigenvalue weighted by atomic mass is 10.1. The number of para-hydroxylation sites is 2. The van der Waals surface area contributed by atoms with Crippen molar-refractivity contribution in [3.63, 3.8) is 0 Å². The molecule has 0 unspecified atom stereocenters. The molecule has 0 bridgehead atoms. The van der Waals surface area contributed by atoms with Gasteiger partial charge in [0, 0.05) is 26.8 Å². The van der Waals surface area contributed by atoms with E-state index < -0.39 is 0 Å². The number of anilines is 2. The standard InChI is InChI=1S/C24H25N7O4S/c1-14(31-17-7-5-6-8-19(17)35-12-21(31)33)22-26-27-23(30(22)4)36-13-20(32)25-15-9-10-16-18(11-15)29(3)24(34)28(16)2/h5-11,14H,12-13H2,1-4H3,(H,25,32)/t14-/m1/s1. The monoisotopic (exact) mass is 507 g/mol. The van der Waals surface area contributed by atoms with Crippen LogP contribution in [0, 0.1) is 0 Å². The number of imidazole rings is 1. The van der Waals surface area contributed by atoms with Gasteiger partial charge in [-0.1, -0.05) is 23.9 Å². The summed E-state index contributed by atoms with van der Waals surface area (Å²) in [4.78, 5) is 39.1. The maximum atomic E-state index is 12.7. The summed E-state index contributed by atoms with van der Waals surface area (Å²) in [6.45, 7) is 1.85. The Labute approximate surface area is 210 Å². The molecule has 2 amide bonds. The van der Waals surface area contributed by atoms with Gasteiger partial charge in [-0.2, -0.15) is 0 Å². The van der Waals surface area contributed by atoms with Crippen molar-refractivity contribution in [1.82, 2.24) is 23.9 Å². The number of nitrogens with one attached hydrogen (secondary N) is 1. The molecule has 11 nitrogen and oxygen atoms in total. The smallest absolute Gasteiger partial charge is 0.328 e. The first kappa shape index (κ1) is 23.7. The molecule has 1 N–H and O–H groups in total. The van der Waals surface area contributed by atoms with Crippen molar-refractivity contribution in [3.05, 3.63) is 58.8 Å². The highest BCUT2D eigenvalue weighted by Gasteiger charge is 2.32. The summed E-state index contributed by atoms with van der Waals surface area (Å²) in [5.74, 6) is 0.983. The van der Waals surface area contributed by atoms with Crippen LogP contribution in [-0.2, 0) is 30.7 Å². The van der Waals surface area contributed by atoms with Gasteiger partial charge >= 0.3 is 5.69 Å². The molecule has 4 aromatic rings. The van der Waals surface area contributed by atoms with Crippen LogP contribution in [0.2, 0.25) is 0 Å². The third-order valence-electron chi connectivity index (χ3n) is 6.26. The Morgan fingerprint density at radius 2 is 1.81 bits per heavy atom. The molecule has 1 aliphatic rings. The second kappa shape index (κ2) is 9.19. The topological polar surface area (TPSA) is 116 Å². The van der Waals surface area contributed by atoms with Crippen LogP contribution in [0.1, 0.15) is 18.8 Å². The SMILES string of the molecule is C[C@H](c1nnc(SCC(=O)Nc2ccc3c(c2)n(C)c(=O)n3C)n1C)N1C(=O)COc2ccccc21. The van der Waals surface area contributed by atoms with E-state index in [1.165, 1.54) is 11.8 Å². The molecule has 0 fully saturated rings. The van der Waals surface area contributed by atoms with E-state index in [0.29, 0.717) is 28.1 Å². The molecule has 5 rings (SSSR count). The van der Waals surface area contributed by atoms with Gasteiger partial charge in [0.25, 0.3) is 5.91 Å². The molecule has 1 atom stereocenters. The second-order valence-electron chi connectivity index (χ2n) is 8.54. The Bertz CT molecular complexity index is 1550. The first-order chi connectivity index (χ1) is 17.3. The molecule has 186 valence electrons. The minimum atomic E-state index is -0.382. The van der Waals surface area contributed by atoms with Crippen LogP contribution in [0.15, 0.2) is 52.4 Å². The number of aromatic nitrogens is 5. The molecule has 2 aromatic heterocycles. The summed E-state index contributed by atoms with van der Waals surface area (Å²) in [7, 11) is 5.22. The number of hydrogen-bond acceptors (Lipinski definition) is 7. The maximum Gasteiger partial charge on any atom is 0.328 e. The Kier molecular flexibility index (Phi) is 6.04. The van der Waals surface area contributed by atoms with E-state index in [-0.39, 0.29) is 35.9 Å². The van der Waals surface area contributed by atoms with Crippen LogP contribution >= 0.6 is 11.8 Å². The Hall–Kier alpha value is -4.06. The average Bonchev–Trinajstić information content (AvgIpc) is 3.34. The zero-order valence-corrected chi connectivity index (χ0v) is 21.1. The average molecular weight is 508 g/mol. The Morgan fingerprint density at radius 3 is 2.61 bits per heavy atom. The van der Waals surface area contributed by atoms with Gasteiger partial charge in [-0.3, -0.25) is 23.6 Å². The lowest BCUT2D eigenvalue weighted by Crippen LogP contribution is -2.41. The molecule has 0 spiro atoms. The lowest BCUT2D eigenvalue weighted by molar-refractivity contribution is -0.121. The minimum Gasteiger partial charge on any atom is -0.482 e. The first-order valence-corrected chi connectivity index (χ1v) is 12.3. The number of ether oxygens (including phenoxy) is 1. The number of amides is 2. The van der Waals surface area contributed by atoms with Crippen molar-refractivity contribution >= 4 is 46.0 Å². The zero-order chi connectivity index (χ0) is 25.6. The van der Waals surface area contributed by atoms with Gasteiger partial charge in [-0.15, -0.1) is 10.2 Å². The fraction of sp³-hybridized carbons (Fsp3) is 0.292. The lowest BCUT2D eigenvalue weighted by Gasteiger charge is -2.33. The molecular weight excluding hydrogens is 482 g/mol. The highest BCUT2D eigenvalue weighted by atomic mass is 32.2. The maximum absolute atomic E-state index is 12.7. The van der Waals surface area contributed by atoms with Gasteiger partial charge < -0.3 is 14.6 Å². The molecular formula is C24H25N7O4S. The first-order valence-electron chi connectivity index (χ1n) is 11.3. The number of carbonyl (C=O) groups excluding carboxylic acids is 2. The summed E-state index contributed by atoms with van der Waals surface area (Å²) >= 11 is 1.25. The van der Waals surface area contributed by atoms with E-state index in [1.54, 1.807) is 50.9 Å². The molecule has 36 heavy (non-hydrogen) atoms. The normalized spacial score (nSPS) is 14.0. The van der Waals surface area contributed by atoms with Gasteiger partial charge in [0.2, 0.25) is 5.91 Å². The number of aryl methyl sites for hydroxylation is 2. The quantitative estimate of drug-likeness (QED) is 0.398. The third-order valence-corrected chi connectivity index (χ3v) is 7.28. The second-order valence-corrected chi connectivity index (χ2v) is 9.48. The summed E-state index contributed by atoms with van der Waals surface area (Å²) in [6.07, 6.45) is 0. The van der Waals surface area contributed by atoms with E-state index in [0.717, 1.165) is 11.0 Å². The Morgan fingerprint density at radius 1 is 1.06 bits per heavy atom. The van der Waals surface area contributed by atoms with Crippen molar-refractivity contribution < 1.29 is 14.3 Å². The molecule has 0 saturated carbocycles. The number of hydrogen-bond donors (Lipinski definition) is 1. The van der Waals surface area contributed by atoms with Gasteiger partial charge in [0.05, 0.1) is 28.5 Å². The molecule has 0 aliphatic carbocycles. The number of carbonyl (C=O) groups is 2. The Balaban J connectivity index is 1.28. The van der Waals surface area contributed by atoms with E-state index in [1.807, 2.05) is 38.2 Å². The van der Waals surface area contributed by atoms with E-state index >= 15 is 0 Å². The molecule has 12 heteroatoms. The van der Waals surface area contributed by atoms with E-state index in [4.69, 9.17) is 4.74 Å². The number of benzene rings is 2. The predicted octanol–water partition coefficient (Wildman–Crippen LogP) is 2.22. The van der Waals surface area contributed by atoms with Crippen molar-refractivity contribution in [2.75, 3.05) is 22.6 Å². The molecule has 0 saturated heterocycles. The fourth-order valence-corrected chi connectivity index (χ4v) is 5.11. The number of nitrogens with zero attached hydrogens (tertiary/aromatic N) is 6. The van der Waals surface area contributed by atoms with Crippen LogP contribution in [0.3, 0.4) is 0 Å². The summed E-state index contributed by atoms with van der Waals surface area (Å²) in [5.41, 5.74) is 2.69. The summed E-state index contributed by atoms with van der Waals surface area (Å²) in [5, 5.41) is 12.0. The van der Waals surface area contributed by atoms with Crippen molar-refractivity contribution in [2.24, 2.45) is 21.1 Å². The highest BCUT2D eigenvalue weighted by molar-refractivity contribution is 7.99. The number of fused-ring (bicyclic) bond motifs is 2. The largest absolute Gasteiger partial charge is 0.482 e. The minimum absolute atomic E-state index is 0.0378. The number of thioether (sulfide) groups is 1. The zero-order valence-electron chi connectivity index (χ0n) is 20.3. The molecule has 2 aromatic carbocycles. The predicted molar refractivity (Wildman–Crippen MR) is 136 cm³/mol. The summed E-state index contributed by atoms with van der Waals surface area (Å²) in [6, 6.07) is 12.3. The van der Waals surface area contributed by atoms with Gasteiger partial charge in [-0.05, 0) is 37.3 Å². The van der Waals surface area contributed by atoms with E-state index in [2.05, 4.69) is 15.5 Å². The highest BCUT2D eigenvalue weighted by Crippen LogP contribution is 2.37. The van der Waals surface area contributed by atoms with Gasteiger partial charge in [0.15, 0.2) is 17.6 Å². The van der Waals surface area contributed by atoms with Crippen LogP contribution in [0.4, 0.5) is 11.4 Å². The van der Waals surface area contributed by atoms with Crippen molar-refractivity contribution in [2.45, 2.75) is 18.1 Å². The molecule has 3 heterocycles. The van der Waals surface area contributed by atoms with Gasteiger partial charge in [0.1, 0.15) is 5.75 Å². The van der Waals surface area contributed by atoms with E-state index in [9.17, 15) is 14.4 Å². The molecule has 0 radical (unpaired) electrons. The van der Waals surface area contributed by atoms with Crippen LogP contribution in [0.5, 0.6) is 5.75 Å². The van der Waals surface area contributed by atoms with Gasteiger partial charge in [-0.25, -0.2) is 4.79 Å². The van der Waals surface area contributed by atoms with Crippen molar-refractivity contribution in [3.8, 4) is 5.75 Å². The molecule has 1 aliphatic heterocycles. The van der Waals surface area contributed by atoms with Crippen LogP contribution in [0.25, 0.3) is 11.0 Å². The van der Waals surface area contributed by atoms with Crippen molar-refractivity contribution in [1.29, 1.82) is 0 Å².